The third-order valence-corrected chi connectivity index (χ3v) is 4.23. The molecular formula is C16H18O2S. The summed E-state index contributed by atoms with van der Waals surface area (Å²) in [6.07, 6.45) is 1.94. The average molecular weight is 274 g/mol. The molecule has 0 saturated heterocycles. The maximum Gasteiger partial charge on any atom is 0.210 e. The number of hydrogen-bond acceptors (Lipinski definition) is 3. The minimum atomic E-state index is 0.0478. The number of rotatable bonds is 6. The van der Waals surface area contributed by atoms with Crippen LogP contribution in [0.2, 0.25) is 0 Å². The van der Waals surface area contributed by atoms with Gasteiger partial charge < -0.3 is 4.74 Å². The van der Waals surface area contributed by atoms with Gasteiger partial charge in [-0.25, -0.2) is 0 Å². The zero-order chi connectivity index (χ0) is 13.7. The van der Waals surface area contributed by atoms with E-state index in [0.29, 0.717) is 0 Å². The molecule has 0 unspecified atom stereocenters. The van der Waals surface area contributed by atoms with E-state index in [1.165, 1.54) is 10.4 Å². The minimum Gasteiger partial charge on any atom is -0.485 e. The first-order chi connectivity index (χ1) is 9.22. The second-order valence-corrected chi connectivity index (χ2v) is 5.50. The van der Waals surface area contributed by atoms with Gasteiger partial charge in [0, 0.05) is 4.88 Å². The van der Waals surface area contributed by atoms with Crippen LogP contribution in [0, 0.1) is 0 Å². The number of carbonyl (C=O) groups excluding carboxylic acids is 1. The quantitative estimate of drug-likeness (QED) is 0.740. The van der Waals surface area contributed by atoms with Crippen molar-refractivity contribution in [2.45, 2.75) is 26.7 Å². The van der Waals surface area contributed by atoms with E-state index in [1.807, 2.05) is 30.3 Å². The van der Waals surface area contributed by atoms with Crippen LogP contribution in [0.3, 0.4) is 0 Å². The number of thiophene rings is 1. The van der Waals surface area contributed by atoms with Crippen molar-refractivity contribution in [1.29, 1.82) is 0 Å². The first-order valence-electron chi connectivity index (χ1n) is 6.56. The largest absolute Gasteiger partial charge is 0.485 e. The second kappa shape index (κ2) is 6.53. The first kappa shape index (κ1) is 13.8. The van der Waals surface area contributed by atoms with Gasteiger partial charge in [0.2, 0.25) is 5.78 Å². The van der Waals surface area contributed by atoms with Crippen molar-refractivity contribution in [3.05, 3.63) is 51.7 Å². The summed E-state index contributed by atoms with van der Waals surface area (Å²) in [6, 6.07) is 11.8. The van der Waals surface area contributed by atoms with Crippen LogP contribution in [-0.2, 0) is 12.8 Å². The molecule has 0 spiro atoms. The standard InChI is InChI=1S/C16H18O2S/c1-3-12-6-5-7-13(10-12)18-11-15(17)16-9-8-14(4-2)19-16/h5-10H,3-4,11H2,1-2H3. The Balaban J connectivity index is 1.96. The number of ketones is 1. The highest BCUT2D eigenvalue weighted by atomic mass is 32.1. The van der Waals surface area contributed by atoms with E-state index >= 15 is 0 Å². The van der Waals surface area contributed by atoms with Crippen LogP contribution >= 0.6 is 11.3 Å². The number of aryl methyl sites for hydroxylation is 2. The molecule has 0 saturated carbocycles. The Morgan fingerprint density at radius 1 is 1.16 bits per heavy atom. The molecule has 0 radical (unpaired) electrons. The lowest BCUT2D eigenvalue weighted by atomic mass is 10.2. The highest BCUT2D eigenvalue weighted by molar-refractivity contribution is 7.14. The summed E-state index contributed by atoms with van der Waals surface area (Å²) in [5.41, 5.74) is 1.22. The lowest BCUT2D eigenvalue weighted by molar-refractivity contribution is 0.0925. The summed E-state index contributed by atoms with van der Waals surface area (Å²) in [5, 5.41) is 0. The van der Waals surface area contributed by atoms with E-state index in [0.717, 1.165) is 23.5 Å². The summed E-state index contributed by atoms with van der Waals surface area (Å²) < 4.78 is 5.56. The van der Waals surface area contributed by atoms with Gasteiger partial charge >= 0.3 is 0 Å². The molecule has 1 aromatic carbocycles. The van der Waals surface area contributed by atoms with Crippen LogP contribution < -0.4 is 4.74 Å². The summed E-state index contributed by atoms with van der Waals surface area (Å²) in [6.45, 7) is 4.30. The maximum absolute atomic E-state index is 12.0. The third-order valence-electron chi connectivity index (χ3n) is 2.96. The number of hydrogen-bond donors (Lipinski definition) is 0. The van der Waals surface area contributed by atoms with Crippen molar-refractivity contribution in [2.75, 3.05) is 6.61 Å². The van der Waals surface area contributed by atoms with Gasteiger partial charge in [0.25, 0.3) is 0 Å². The Bertz CT molecular complexity index is 557. The molecule has 19 heavy (non-hydrogen) atoms. The van der Waals surface area contributed by atoms with Gasteiger partial charge in [0.1, 0.15) is 5.75 Å². The lowest BCUT2D eigenvalue weighted by Crippen LogP contribution is -2.10. The van der Waals surface area contributed by atoms with Gasteiger partial charge in [-0.15, -0.1) is 11.3 Å². The van der Waals surface area contributed by atoms with Gasteiger partial charge in [-0.3, -0.25) is 4.79 Å². The van der Waals surface area contributed by atoms with Gasteiger partial charge in [-0.1, -0.05) is 26.0 Å². The van der Waals surface area contributed by atoms with E-state index < -0.39 is 0 Å². The van der Waals surface area contributed by atoms with Crippen molar-refractivity contribution in [3.63, 3.8) is 0 Å². The fraction of sp³-hybridized carbons (Fsp3) is 0.312. The Kier molecular flexibility index (Phi) is 4.74. The van der Waals surface area contributed by atoms with E-state index in [1.54, 1.807) is 11.3 Å². The molecule has 100 valence electrons. The van der Waals surface area contributed by atoms with Crippen LogP contribution in [0.5, 0.6) is 5.75 Å². The zero-order valence-electron chi connectivity index (χ0n) is 11.3. The molecule has 2 aromatic rings. The molecule has 2 rings (SSSR count). The van der Waals surface area contributed by atoms with Crippen LogP contribution in [0.4, 0.5) is 0 Å². The number of benzene rings is 1. The molecule has 0 fully saturated rings. The van der Waals surface area contributed by atoms with Crippen LogP contribution in [-0.4, -0.2) is 12.4 Å². The lowest BCUT2D eigenvalue weighted by Gasteiger charge is -2.06. The normalized spacial score (nSPS) is 10.4. The molecule has 0 aliphatic heterocycles. The number of Topliss-reactive ketones (excluding diaryl/α,β-unsaturated/α-hetero) is 1. The summed E-state index contributed by atoms with van der Waals surface area (Å²) >= 11 is 1.55. The summed E-state index contributed by atoms with van der Waals surface area (Å²) in [4.78, 5) is 14.0. The van der Waals surface area contributed by atoms with E-state index in [2.05, 4.69) is 19.9 Å². The van der Waals surface area contributed by atoms with Crippen LogP contribution in [0.25, 0.3) is 0 Å². The molecule has 0 atom stereocenters. The topological polar surface area (TPSA) is 26.3 Å². The van der Waals surface area contributed by atoms with Crippen molar-refractivity contribution < 1.29 is 9.53 Å². The number of carbonyl (C=O) groups is 1. The summed E-state index contributed by atoms with van der Waals surface area (Å²) in [5.74, 6) is 0.812. The predicted molar refractivity (Wildman–Crippen MR) is 79.3 cm³/mol. The molecule has 0 N–H and O–H groups in total. The number of ether oxygens (including phenoxy) is 1. The average Bonchev–Trinajstić information content (AvgIpc) is 2.94. The van der Waals surface area contributed by atoms with Crippen molar-refractivity contribution in [3.8, 4) is 5.75 Å². The second-order valence-electron chi connectivity index (χ2n) is 4.33. The molecular weight excluding hydrogens is 256 g/mol. The fourth-order valence-corrected chi connectivity index (χ4v) is 2.66. The molecule has 2 nitrogen and oxygen atoms in total. The molecule has 0 bridgehead atoms. The minimum absolute atomic E-state index is 0.0478. The zero-order valence-corrected chi connectivity index (χ0v) is 12.1. The summed E-state index contributed by atoms with van der Waals surface area (Å²) in [7, 11) is 0. The fourth-order valence-electron chi connectivity index (χ4n) is 1.79. The molecule has 0 aliphatic rings. The van der Waals surface area contributed by atoms with Crippen molar-refractivity contribution in [1.82, 2.24) is 0 Å². The van der Waals surface area contributed by atoms with Crippen LogP contribution in [0.15, 0.2) is 36.4 Å². The molecule has 3 heteroatoms. The van der Waals surface area contributed by atoms with E-state index in [-0.39, 0.29) is 12.4 Å². The smallest absolute Gasteiger partial charge is 0.210 e. The molecule has 0 amide bonds. The molecule has 1 heterocycles. The van der Waals surface area contributed by atoms with E-state index in [9.17, 15) is 4.79 Å². The Labute approximate surface area is 118 Å². The first-order valence-corrected chi connectivity index (χ1v) is 7.38. The van der Waals surface area contributed by atoms with Gasteiger partial charge in [0.05, 0.1) is 4.88 Å². The Morgan fingerprint density at radius 2 is 2.00 bits per heavy atom. The SMILES string of the molecule is CCc1cccc(OCC(=O)c2ccc(CC)s2)c1. The Morgan fingerprint density at radius 3 is 2.68 bits per heavy atom. The highest BCUT2D eigenvalue weighted by Gasteiger charge is 2.09. The monoisotopic (exact) mass is 274 g/mol. The maximum atomic E-state index is 12.0. The Hall–Kier alpha value is -1.61. The molecule has 0 aliphatic carbocycles. The van der Waals surface area contributed by atoms with Crippen LogP contribution in [0.1, 0.15) is 34.0 Å². The highest BCUT2D eigenvalue weighted by Crippen LogP contribution is 2.19. The van der Waals surface area contributed by atoms with Gasteiger partial charge in [-0.2, -0.15) is 0 Å². The van der Waals surface area contributed by atoms with Crippen molar-refractivity contribution >= 4 is 17.1 Å². The van der Waals surface area contributed by atoms with Gasteiger partial charge in [-0.05, 0) is 42.7 Å². The molecule has 1 aromatic heterocycles. The van der Waals surface area contributed by atoms with E-state index in [4.69, 9.17) is 4.74 Å². The third kappa shape index (κ3) is 3.67. The van der Waals surface area contributed by atoms with Gasteiger partial charge in [0.15, 0.2) is 6.61 Å². The predicted octanol–water partition coefficient (Wildman–Crippen LogP) is 4.13. The van der Waals surface area contributed by atoms with Crippen molar-refractivity contribution in [2.24, 2.45) is 0 Å².